The van der Waals surface area contributed by atoms with Crippen molar-refractivity contribution in [2.75, 3.05) is 13.2 Å². The lowest BCUT2D eigenvalue weighted by Crippen LogP contribution is -2.41. The van der Waals surface area contributed by atoms with Crippen LogP contribution in [0.25, 0.3) is 0 Å². The summed E-state index contributed by atoms with van der Waals surface area (Å²) in [5.74, 6) is 0.639. The van der Waals surface area contributed by atoms with Crippen LogP contribution in [0.5, 0.6) is 5.88 Å². The molecule has 0 fully saturated rings. The number of pyridine rings is 1. The first-order valence-electron chi connectivity index (χ1n) is 8.68. The van der Waals surface area contributed by atoms with E-state index in [9.17, 15) is 4.79 Å². The molecule has 0 aromatic carbocycles. The van der Waals surface area contributed by atoms with Crippen LogP contribution in [0, 0.1) is 0 Å². The zero-order chi connectivity index (χ0) is 17.9. The first-order chi connectivity index (χ1) is 12.7. The zero-order valence-electron chi connectivity index (χ0n) is 14.7. The predicted molar refractivity (Wildman–Crippen MR) is 95.8 cm³/mol. The number of hydrogen-bond donors (Lipinski definition) is 0. The Balaban J connectivity index is 1.45. The van der Waals surface area contributed by atoms with E-state index in [2.05, 4.69) is 26.9 Å². The number of hydrogen-bond acceptors (Lipinski definition) is 4. The second-order valence-corrected chi connectivity index (χ2v) is 6.45. The molecule has 0 radical (unpaired) electrons. The molecule has 7 nitrogen and oxygen atoms in total. The second kappa shape index (κ2) is 7.03. The van der Waals surface area contributed by atoms with Crippen molar-refractivity contribution >= 4 is 5.91 Å². The smallest absolute Gasteiger partial charge is 0.257 e. The number of nitrogens with zero attached hydrogens (tertiary/aromatic N) is 5. The average Bonchev–Trinajstić information content (AvgIpc) is 3.30. The van der Waals surface area contributed by atoms with Crippen LogP contribution in [-0.2, 0) is 13.6 Å². The van der Waals surface area contributed by atoms with Crippen molar-refractivity contribution in [3.63, 3.8) is 0 Å². The fraction of sp³-hybridized carbons (Fsp3) is 0.316. The van der Waals surface area contributed by atoms with Crippen LogP contribution in [-0.4, -0.2) is 43.3 Å². The van der Waals surface area contributed by atoms with Gasteiger partial charge in [0.25, 0.3) is 5.91 Å². The molecule has 0 saturated carbocycles. The summed E-state index contributed by atoms with van der Waals surface area (Å²) in [5, 5.41) is 4.11. The number of fused-ring (bicyclic) bond motifs is 1. The van der Waals surface area contributed by atoms with Crippen LogP contribution in [0.1, 0.15) is 28.5 Å². The molecule has 1 atom stereocenters. The minimum absolute atomic E-state index is 0.0150. The highest BCUT2D eigenvalue weighted by atomic mass is 16.5. The van der Waals surface area contributed by atoms with Crippen molar-refractivity contribution in [3.8, 4) is 5.88 Å². The zero-order valence-corrected chi connectivity index (χ0v) is 14.7. The van der Waals surface area contributed by atoms with Crippen molar-refractivity contribution in [1.29, 1.82) is 0 Å². The Hall–Kier alpha value is -3.09. The first kappa shape index (κ1) is 16.4. The van der Waals surface area contributed by atoms with Gasteiger partial charge in [0.05, 0.1) is 31.0 Å². The highest BCUT2D eigenvalue weighted by Gasteiger charge is 2.28. The molecule has 1 aliphatic rings. The van der Waals surface area contributed by atoms with E-state index in [1.54, 1.807) is 23.3 Å². The lowest BCUT2D eigenvalue weighted by Gasteiger charge is -2.35. The van der Waals surface area contributed by atoms with E-state index >= 15 is 0 Å². The Kier molecular flexibility index (Phi) is 4.43. The Morgan fingerprint density at radius 2 is 2.23 bits per heavy atom. The monoisotopic (exact) mass is 351 g/mol. The van der Waals surface area contributed by atoms with Crippen LogP contribution in [0.3, 0.4) is 0 Å². The fourth-order valence-corrected chi connectivity index (χ4v) is 3.35. The highest BCUT2D eigenvalue weighted by molar-refractivity contribution is 5.93. The highest BCUT2D eigenvalue weighted by Crippen LogP contribution is 2.26. The minimum Gasteiger partial charge on any atom is -0.478 e. The normalized spacial score (nSPS) is 16.3. The summed E-state index contributed by atoms with van der Waals surface area (Å²) in [5.41, 5.74) is 1.76. The molecule has 7 heteroatoms. The molecule has 0 spiro atoms. The number of aryl methyl sites for hydroxylation is 1. The van der Waals surface area contributed by atoms with Crippen LogP contribution >= 0.6 is 0 Å². The lowest BCUT2D eigenvalue weighted by atomic mass is 10.1. The third-order valence-electron chi connectivity index (χ3n) is 4.62. The molecule has 3 aromatic heterocycles. The van der Waals surface area contributed by atoms with Crippen molar-refractivity contribution in [2.45, 2.75) is 19.0 Å². The van der Waals surface area contributed by atoms with Gasteiger partial charge in [0.15, 0.2) is 0 Å². The summed E-state index contributed by atoms with van der Waals surface area (Å²) in [6, 6.07) is 9.89. The SMILES string of the molecule is Cn1cc(C(=O)N2Cc3cccn3C(CCOc3ccccn3)C2)cn1. The van der Waals surface area contributed by atoms with Gasteiger partial charge in [-0.15, -0.1) is 0 Å². The molecule has 3 aromatic rings. The Bertz CT molecular complexity index is 886. The van der Waals surface area contributed by atoms with E-state index in [-0.39, 0.29) is 11.9 Å². The molecule has 0 aliphatic carbocycles. The topological polar surface area (TPSA) is 65.2 Å². The molecule has 1 amide bonds. The largest absolute Gasteiger partial charge is 0.478 e. The molecule has 4 rings (SSSR count). The van der Waals surface area contributed by atoms with Crippen molar-refractivity contribution in [2.24, 2.45) is 7.05 Å². The van der Waals surface area contributed by atoms with Gasteiger partial charge in [-0.2, -0.15) is 5.10 Å². The lowest BCUT2D eigenvalue weighted by molar-refractivity contribution is 0.0665. The summed E-state index contributed by atoms with van der Waals surface area (Å²) < 4.78 is 9.64. The third-order valence-corrected chi connectivity index (χ3v) is 4.62. The Morgan fingerprint density at radius 1 is 1.31 bits per heavy atom. The van der Waals surface area contributed by atoms with Crippen molar-refractivity contribution in [1.82, 2.24) is 24.2 Å². The van der Waals surface area contributed by atoms with Crippen molar-refractivity contribution < 1.29 is 9.53 Å². The van der Waals surface area contributed by atoms with Gasteiger partial charge >= 0.3 is 0 Å². The van der Waals surface area contributed by atoms with Gasteiger partial charge in [0, 0.05) is 50.4 Å². The Labute approximate surface area is 151 Å². The van der Waals surface area contributed by atoms with Gasteiger partial charge < -0.3 is 14.2 Å². The van der Waals surface area contributed by atoms with Crippen molar-refractivity contribution in [3.05, 3.63) is 66.4 Å². The van der Waals surface area contributed by atoms with E-state index in [0.717, 1.165) is 12.1 Å². The van der Waals surface area contributed by atoms with E-state index in [4.69, 9.17) is 4.74 Å². The molecule has 1 unspecified atom stereocenters. The molecule has 0 bridgehead atoms. The number of amides is 1. The van der Waals surface area contributed by atoms with Crippen LogP contribution in [0.15, 0.2) is 55.1 Å². The van der Waals surface area contributed by atoms with E-state index in [1.807, 2.05) is 36.2 Å². The number of ether oxygens (including phenoxy) is 1. The molecular weight excluding hydrogens is 330 g/mol. The predicted octanol–water partition coefficient (Wildman–Crippen LogP) is 2.28. The molecule has 26 heavy (non-hydrogen) atoms. The molecule has 0 saturated heterocycles. The maximum atomic E-state index is 12.8. The second-order valence-electron chi connectivity index (χ2n) is 6.45. The molecular formula is C19H21N5O2. The van der Waals surface area contributed by atoms with E-state index in [0.29, 0.717) is 31.1 Å². The van der Waals surface area contributed by atoms with Crippen LogP contribution < -0.4 is 4.74 Å². The summed E-state index contributed by atoms with van der Waals surface area (Å²) in [7, 11) is 1.82. The molecule has 1 aliphatic heterocycles. The standard InChI is InChI=1S/C19H21N5O2/c1-22-12-15(11-21-22)19(25)23-13-16-5-4-9-24(16)17(14-23)7-10-26-18-6-2-3-8-20-18/h2-6,8-9,11-12,17H,7,10,13-14H2,1H3. The summed E-state index contributed by atoms with van der Waals surface area (Å²) >= 11 is 0. The van der Waals surface area contributed by atoms with Gasteiger partial charge in [-0.25, -0.2) is 4.98 Å². The summed E-state index contributed by atoms with van der Waals surface area (Å²) in [6.07, 6.45) is 7.97. The number of carbonyl (C=O) groups is 1. The molecule has 4 heterocycles. The van der Waals surface area contributed by atoms with Gasteiger partial charge in [0.2, 0.25) is 5.88 Å². The number of aromatic nitrogens is 4. The maximum Gasteiger partial charge on any atom is 0.257 e. The summed E-state index contributed by atoms with van der Waals surface area (Å²) in [4.78, 5) is 18.9. The molecule has 134 valence electrons. The maximum absolute atomic E-state index is 12.8. The van der Waals surface area contributed by atoms with Crippen LogP contribution in [0.4, 0.5) is 0 Å². The van der Waals surface area contributed by atoms with Gasteiger partial charge in [-0.05, 0) is 18.2 Å². The van der Waals surface area contributed by atoms with Gasteiger partial charge in [-0.3, -0.25) is 9.48 Å². The third kappa shape index (κ3) is 3.33. The van der Waals surface area contributed by atoms with Gasteiger partial charge in [0.1, 0.15) is 0 Å². The number of carbonyl (C=O) groups excluding carboxylic acids is 1. The average molecular weight is 351 g/mol. The van der Waals surface area contributed by atoms with E-state index in [1.165, 1.54) is 0 Å². The van der Waals surface area contributed by atoms with Crippen LogP contribution in [0.2, 0.25) is 0 Å². The quantitative estimate of drug-likeness (QED) is 0.707. The van der Waals surface area contributed by atoms with Gasteiger partial charge in [-0.1, -0.05) is 6.07 Å². The first-order valence-corrected chi connectivity index (χ1v) is 8.68. The molecule has 0 N–H and O–H groups in total. The Morgan fingerprint density at radius 3 is 3.00 bits per heavy atom. The summed E-state index contributed by atoms with van der Waals surface area (Å²) in [6.45, 7) is 1.81. The number of rotatable bonds is 5. The fourth-order valence-electron chi connectivity index (χ4n) is 3.35. The van der Waals surface area contributed by atoms with E-state index < -0.39 is 0 Å². The minimum atomic E-state index is 0.0150.